The Hall–Kier alpha value is -3.15. The molecule has 0 radical (unpaired) electrons. The second-order valence-corrected chi connectivity index (χ2v) is 4.93. The van der Waals surface area contributed by atoms with Crippen molar-refractivity contribution in [3.63, 3.8) is 0 Å². The highest BCUT2D eigenvalue weighted by Crippen LogP contribution is 2.14. The molecule has 0 aliphatic heterocycles. The van der Waals surface area contributed by atoms with Crippen LogP contribution in [0.4, 0.5) is 16.2 Å². The molecular formula is C17H17N3O3. The molecule has 23 heavy (non-hydrogen) atoms. The summed E-state index contributed by atoms with van der Waals surface area (Å²) in [5.74, 6) is -1.31. The predicted molar refractivity (Wildman–Crippen MR) is 88.7 cm³/mol. The molecule has 3 amide bonds. The van der Waals surface area contributed by atoms with Crippen LogP contribution in [0.2, 0.25) is 0 Å². The molecule has 118 valence electrons. The van der Waals surface area contributed by atoms with E-state index in [1.165, 1.54) is 7.05 Å². The lowest BCUT2D eigenvalue weighted by Crippen LogP contribution is -2.24. The van der Waals surface area contributed by atoms with Crippen LogP contribution in [0.3, 0.4) is 0 Å². The summed E-state index contributed by atoms with van der Waals surface area (Å²) >= 11 is 0. The SMILES string of the molecule is CNC(=O)Nc1ccc(NC(=O)C(=O)c2ccc(C)cc2)cc1. The molecule has 0 atom stereocenters. The number of rotatable bonds is 4. The molecule has 0 aliphatic carbocycles. The smallest absolute Gasteiger partial charge is 0.318 e. The van der Waals surface area contributed by atoms with Gasteiger partial charge in [-0.05, 0) is 31.2 Å². The van der Waals surface area contributed by atoms with Crippen molar-refractivity contribution in [1.29, 1.82) is 0 Å². The topological polar surface area (TPSA) is 87.3 Å². The number of anilines is 2. The fourth-order valence-electron chi connectivity index (χ4n) is 1.85. The van der Waals surface area contributed by atoms with Gasteiger partial charge in [-0.15, -0.1) is 0 Å². The normalized spacial score (nSPS) is 9.83. The molecule has 0 bridgehead atoms. The lowest BCUT2D eigenvalue weighted by Gasteiger charge is -2.07. The average molecular weight is 311 g/mol. The van der Waals surface area contributed by atoms with Gasteiger partial charge in [0, 0.05) is 24.0 Å². The number of hydrogen-bond donors (Lipinski definition) is 3. The number of carbonyl (C=O) groups excluding carboxylic acids is 3. The van der Waals surface area contributed by atoms with Gasteiger partial charge in [0.15, 0.2) is 0 Å². The van der Waals surface area contributed by atoms with Crippen molar-refractivity contribution in [2.45, 2.75) is 6.92 Å². The van der Waals surface area contributed by atoms with Crippen LogP contribution in [-0.4, -0.2) is 24.8 Å². The van der Waals surface area contributed by atoms with Gasteiger partial charge in [-0.3, -0.25) is 9.59 Å². The second-order valence-electron chi connectivity index (χ2n) is 4.93. The maximum absolute atomic E-state index is 12.0. The summed E-state index contributed by atoms with van der Waals surface area (Å²) in [5, 5.41) is 7.56. The van der Waals surface area contributed by atoms with E-state index < -0.39 is 11.7 Å². The first-order valence-corrected chi connectivity index (χ1v) is 7.01. The standard InChI is InChI=1S/C17H17N3O3/c1-11-3-5-12(6-4-11)15(21)16(22)19-13-7-9-14(10-8-13)20-17(23)18-2/h3-10H,1-2H3,(H,19,22)(H2,18,20,23). The van der Waals surface area contributed by atoms with Crippen LogP contribution < -0.4 is 16.0 Å². The molecule has 3 N–H and O–H groups in total. The van der Waals surface area contributed by atoms with Crippen LogP contribution in [-0.2, 0) is 4.79 Å². The molecule has 0 unspecified atom stereocenters. The van der Waals surface area contributed by atoms with E-state index in [1.807, 2.05) is 6.92 Å². The molecule has 0 aliphatic rings. The zero-order valence-corrected chi connectivity index (χ0v) is 12.8. The Morgan fingerprint density at radius 1 is 0.783 bits per heavy atom. The third kappa shape index (κ3) is 4.41. The minimum Gasteiger partial charge on any atom is -0.341 e. The number of nitrogens with one attached hydrogen (secondary N) is 3. The van der Waals surface area contributed by atoms with Crippen molar-refractivity contribution >= 4 is 29.1 Å². The van der Waals surface area contributed by atoms with E-state index in [-0.39, 0.29) is 6.03 Å². The van der Waals surface area contributed by atoms with E-state index in [0.717, 1.165) is 5.56 Å². The Labute approximate surface area is 133 Å². The summed E-state index contributed by atoms with van der Waals surface area (Å²) in [5.41, 5.74) is 2.40. The molecule has 0 aromatic heterocycles. The molecule has 6 heteroatoms. The largest absolute Gasteiger partial charge is 0.341 e. The summed E-state index contributed by atoms with van der Waals surface area (Å²) in [6.07, 6.45) is 0. The van der Waals surface area contributed by atoms with Gasteiger partial charge in [0.1, 0.15) is 0 Å². The minimum atomic E-state index is -0.708. The monoisotopic (exact) mass is 311 g/mol. The van der Waals surface area contributed by atoms with Gasteiger partial charge in [0.05, 0.1) is 0 Å². The fourth-order valence-corrected chi connectivity index (χ4v) is 1.85. The molecule has 0 saturated heterocycles. The number of amides is 3. The summed E-state index contributed by atoms with van der Waals surface area (Å²) in [7, 11) is 1.51. The van der Waals surface area contributed by atoms with E-state index in [4.69, 9.17) is 0 Å². The average Bonchev–Trinajstić information content (AvgIpc) is 2.56. The first-order valence-electron chi connectivity index (χ1n) is 7.01. The van der Waals surface area contributed by atoms with Crippen LogP contribution in [0.25, 0.3) is 0 Å². The highest BCUT2D eigenvalue weighted by atomic mass is 16.2. The van der Waals surface area contributed by atoms with Crippen LogP contribution in [0.1, 0.15) is 15.9 Å². The van der Waals surface area contributed by atoms with Gasteiger partial charge >= 0.3 is 6.03 Å². The Kier molecular flexibility index (Phi) is 5.09. The lowest BCUT2D eigenvalue weighted by atomic mass is 10.1. The number of ketones is 1. The van der Waals surface area contributed by atoms with Crippen molar-refractivity contribution in [3.8, 4) is 0 Å². The second kappa shape index (κ2) is 7.22. The number of benzene rings is 2. The highest BCUT2D eigenvalue weighted by Gasteiger charge is 2.16. The quantitative estimate of drug-likeness (QED) is 0.599. The molecule has 0 fully saturated rings. The molecular weight excluding hydrogens is 294 g/mol. The minimum absolute atomic E-state index is 0.337. The summed E-state index contributed by atoms with van der Waals surface area (Å²) in [6.45, 7) is 1.91. The van der Waals surface area contributed by atoms with E-state index >= 15 is 0 Å². The van der Waals surface area contributed by atoms with Gasteiger partial charge in [-0.25, -0.2) is 4.79 Å². The van der Waals surface area contributed by atoms with Crippen LogP contribution >= 0.6 is 0 Å². The number of Topliss-reactive ketones (excluding diaryl/α,β-unsaturated/α-hetero) is 1. The third-order valence-corrected chi connectivity index (χ3v) is 3.15. The van der Waals surface area contributed by atoms with Gasteiger partial charge in [0.2, 0.25) is 0 Å². The first kappa shape index (κ1) is 16.2. The van der Waals surface area contributed by atoms with E-state index in [2.05, 4.69) is 16.0 Å². The molecule has 2 aromatic carbocycles. The van der Waals surface area contributed by atoms with Gasteiger partial charge in [-0.2, -0.15) is 0 Å². The zero-order chi connectivity index (χ0) is 16.8. The van der Waals surface area contributed by atoms with Crippen molar-refractivity contribution in [2.24, 2.45) is 0 Å². The van der Waals surface area contributed by atoms with Crippen LogP contribution in [0.15, 0.2) is 48.5 Å². The molecule has 0 saturated carbocycles. The van der Waals surface area contributed by atoms with Crippen molar-refractivity contribution in [1.82, 2.24) is 5.32 Å². The maximum atomic E-state index is 12.0. The number of carbonyl (C=O) groups is 3. The number of urea groups is 1. The molecule has 0 heterocycles. The number of aryl methyl sites for hydroxylation is 1. The molecule has 6 nitrogen and oxygen atoms in total. The Bertz CT molecular complexity index is 722. The van der Waals surface area contributed by atoms with Gasteiger partial charge < -0.3 is 16.0 Å². The predicted octanol–water partition coefficient (Wildman–Crippen LogP) is 2.57. The number of hydrogen-bond acceptors (Lipinski definition) is 3. The van der Waals surface area contributed by atoms with Crippen molar-refractivity contribution in [2.75, 3.05) is 17.7 Å². The Morgan fingerprint density at radius 3 is 1.83 bits per heavy atom. The lowest BCUT2D eigenvalue weighted by molar-refractivity contribution is -0.112. The molecule has 2 aromatic rings. The van der Waals surface area contributed by atoms with E-state index in [1.54, 1.807) is 48.5 Å². The van der Waals surface area contributed by atoms with Gasteiger partial charge in [-0.1, -0.05) is 29.8 Å². The first-order chi connectivity index (χ1) is 11.0. The van der Waals surface area contributed by atoms with Crippen LogP contribution in [0.5, 0.6) is 0 Å². The fraction of sp³-hybridized carbons (Fsp3) is 0.118. The zero-order valence-electron chi connectivity index (χ0n) is 12.8. The Morgan fingerprint density at radius 2 is 1.30 bits per heavy atom. The van der Waals surface area contributed by atoms with Crippen molar-refractivity contribution in [3.05, 3.63) is 59.7 Å². The molecule has 2 rings (SSSR count). The summed E-state index contributed by atoms with van der Waals surface area (Å²) < 4.78 is 0. The molecule has 0 spiro atoms. The van der Waals surface area contributed by atoms with E-state index in [0.29, 0.717) is 16.9 Å². The van der Waals surface area contributed by atoms with E-state index in [9.17, 15) is 14.4 Å². The summed E-state index contributed by atoms with van der Waals surface area (Å²) in [4.78, 5) is 35.2. The Balaban J connectivity index is 2.01. The maximum Gasteiger partial charge on any atom is 0.318 e. The highest BCUT2D eigenvalue weighted by molar-refractivity contribution is 6.46. The summed E-state index contributed by atoms with van der Waals surface area (Å²) in [6, 6.07) is 12.9. The van der Waals surface area contributed by atoms with Gasteiger partial charge in [0.25, 0.3) is 11.7 Å². The van der Waals surface area contributed by atoms with Crippen LogP contribution in [0, 0.1) is 6.92 Å². The van der Waals surface area contributed by atoms with Crippen molar-refractivity contribution < 1.29 is 14.4 Å². The third-order valence-electron chi connectivity index (χ3n) is 3.15.